The summed E-state index contributed by atoms with van der Waals surface area (Å²) < 4.78 is 21.7. The number of piperidine rings is 1. The number of pyridine rings is 1. The van der Waals surface area contributed by atoms with Crippen molar-refractivity contribution in [1.29, 1.82) is 0 Å². The van der Waals surface area contributed by atoms with Crippen LogP contribution in [0.2, 0.25) is 0 Å². The van der Waals surface area contributed by atoms with Gasteiger partial charge in [0.1, 0.15) is 29.5 Å². The number of nitrogens with zero attached hydrogens (tertiary/aromatic N) is 2. The third kappa shape index (κ3) is 6.48. The first-order valence-corrected chi connectivity index (χ1v) is 13.6. The number of carbonyl (C=O) groups is 3. The number of Topliss-reactive ketones (excluding diaryl/α,β-unsaturated/α-hetero) is 1. The number of rotatable bonds is 7. The van der Waals surface area contributed by atoms with Crippen molar-refractivity contribution in [2.75, 3.05) is 32.2 Å². The predicted octanol–water partition coefficient (Wildman–Crippen LogP) is 4.54. The summed E-state index contributed by atoms with van der Waals surface area (Å²) in [5.41, 5.74) is 0.760. The van der Waals surface area contributed by atoms with Crippen LogP contribution in [0.1, 0.15) is 63.0 Å². The molecule has 2 aliphatic rings. The highest BCUT2D eigenvalue weighted by Crippen LogP contribution is 2.48. The van der Waals surface area contributed by atoms with Crippen molar-refractivity contribution in [3.8, 4) is 11.5 Å². The number of nitrogens with one attached hydrogen (secondary N) is 1. The molecule has 2 atom stereocenters. The van der Waals surface area contributed by atoms with Gasteiger partial charge in [0.2, 0.25) is 0 Å². The van der Waals surface area contributed by atoms with E-state index in [2.05, 4.69) is 15.2 Å². The van der Waals surface area contributed by atoms with Crippen molar-refractivity contribution in [3.05, 3.63) is 47.8 Å². The van der Waals surface area contributed by atoms with Gasteiger partial charge < -0.3 is 29.2 Å². The number of amides is 1. The lowest BCUT2D eigenvalue weighted by atomic mass is 9.73. The fourth-order valence-electron chi connectivity index (χ4n) is 5.62. The van der Waals surface area contributed by atoms with Crippen LogP contribution in [0, 0.1) is 11.3 Å². The highest BCUT2D eigenvalue weighted by atomic mass is 16.6. The van der Waals surface area contributed by atoms with Gasteiger partial charge in [0.05, 0.1) is 26.1 Å². The number of hydrogen-bond acceptors (Lipinski definition) is 9. The second-order valence-electron chi connectivity index (χ2n) is 11.6. The second-order valence-corrected chi connectivity index (χ2v) is 11.6. The summed E-state index contributed by atoms with van der Waals surface area (Å²) in [6.07, 6.45) is 2.71. The van der Waals surface area contributed by atoms with Crippen molar-refractivity contribution < 1.29 is 33.3 Å². The molecular weight excluding hydrogens is 514 g/mol. The number of ketones is 1. The van der Waals surface area contributed by atoms with E-state index in [0.29, 0.717) is 50.4 Å². The maximum absolute atomic E-state index is 12.8. The number of hydrogen-bond donors (Lipinski definition) is 1. The minimum Gasteiger partial charge on any atom is -0.497 e. The molecule has 2 aromatic rings. The Hall–Kier alpha value is -3.82. The van der Waals surface area contributed by atoms with Gasteiger partial charge in [-0.2, -0.15) is 0 Å². The summed E-state index contributed by atoms with van der Waals surface area (Å²) in [6, 6.07) is 9.06. The van der Waals surface area contributed by atoms with Crippen LogP contribution in [-0.2, 0) is 20.9 Å². The van der Waals surface area contributed by atoms with Gasteiger partial charge in [-0.1, -0.05) is 19.1 Å². The summed E-state index contributed by atoms with van der Waals surface area (Å²) in [6.45, 7) is 8.77. The van der Waals surface area contributed by atoms with Crippen molar-refractivity contribution in [2.45, 2.75) is 65.2 Å². The molecule has 10 heteroatoms. The van der Waals surface area contributed by atoms with Gasteiger partial charge in [0.15, 0.2) is 5.69 Å². The van der Waals surface area contributed by atoms with Crippen molar-refractivity contribution in [1.82, 2.24) is 10.3 Å². The van der Waals surface area contributed by atoms with Gasteiger partial charge in [-0.3, -0.25) is 4.79 Å². The van der Waals surface area contributed by atoms with Crippen LogP contribution in [-0.4, -0.2) is 61.8 Å². The quantitative estimate of drug-likeness (QED) is 0.493. The average molecular weight is 554 g/mol. The van der Waals surface area contributed by atoms with E-state index in [1.165, 1.54) is 13.3 Å². The molecule has 10 nitrogen and oxygen atoms in total. The highest BCUT2D eigenvalue weighted by Gasteiger charge is 2.53. The largest absolute Gasteiger partial charge is 0.497 e. The Morgan fingerprint density at radius 2 is 1.77 bits per heavy atom. The molecule has 1 N–H and O–H groups in total. The molecule has 1 saturated heterocycles. The SMILES string of the molecule is COC(=O)c1ncc(OCc2ccc(OC)cc2)cc1N1CCC2(CC1)CC(=O)[C@@H](C)[C@@H]2NC(=O)OC(C)(C)C. The van der Waals surface area contributed by atoms with E-state index < -0.39 is 17.7 Å². The maximum Gasteiger partial charge on any atom is 0.407 e. The van der Waals surface area contributed by atoms with E-state index in [9.17, 15) is 14.4 Å². The number of benzene rings is 1. The molecule has 1 aliphatic heterocycles. The normalized spacial score (nSPS) is 20.2. The molecule has 0 unspecified atom stereocenters. The van der Waals surface area contributed by atoms with Crippen LogP contribution >= 0.6 is 0 Å². The molecule has 1 aromatic carbocycles. The topological polar surface area (TPSA) is 116 Å². The van der Waals surface area contributed by atoms with Gasteiger partial charge >= 0.3 is 12.1 Å². The molecular formula is C30H39N3O7. The number of methoxy groups -OCH3 is 2. The third-order valence-corrected chi connectivity index (χ3v) is 7.75. The molecule has 1 aromatic heterocycles. The van der Waals surface area contributed by atoms with E-state index >= 15 is 0 Å². The summed E-state index contributed by atoms with van der Waals surface area (Å²) in [5, 5.41) is 3.00. The standard InChI is InChI=1S/C30H39N3O7/c1-19-24(34)16-30(26(19)32-28(36)40-29(2,3)4)11-13-33(14-12-30)23-15-22(17-31-25(23)27(35)38-6)39-18-20-7-9-21(37-5)10-8-20/h7-10,15,17,19,26H,11-14,16,18H2,1-6H3,(H,32,36)/t19-,26+/m1/s1. The molecule has 1 amide bonds. The molecule has 216 valence electrons. The van der Waals surface area contributed by atoms with Crippen molar-refractivity contribution >= 4 is 23.5 Å². The summed E-state index contributed by atoms with van der Waals surface area (Å²) in [7, 11) is 2.94. The van der Waals surface area contributed by atoms with E-state index in [1.807, 2.05) is 52.0 Å². The van der Waals surface area contributed by atoms with Crippen LogP contribution in [0.25, 0.3) is 0 Å². The lowest BCUT2D eigenvalue weighted by Crippen LogP contribution is -2.53. The van der Waals surface area contributed by atoms with Crippen LogP contribution in [0.4, 0.5) is 10.5 Å². The smallest absolute Gasteiger partial charge is 0.407 e. The highest BCUT2D eigenvalue weighted by molar-refractivity contribution is 5.94. The zero-order valence-electron chi connectivity index (χ0n) is 24.1. The lowest BCUT2D eigenvalue weighted by Gasteiger charge is -2.44. The zero-order chi connectivity index (χ0) is 29.1. The van der Waals surface area contributed by atoms with E-state index in [4.69, 9.17) is 18.9 Å². The summed E-state index contributed by atoms with van der Waals surface area (Å²) in [5.74, 6) is 0.584. The van der Waals surface area contributed by atoms with E-state index in [0.717, 1.165) is 11.3 Å². The molecule has 1 aliphatic carbocycles. The molecule has 0 bridgehead atoms. The van der Waals surface area contributed by atoms with Crippen LogP contribution < -0.4 is 19.7 Å². The number of esters is 1. The Morgan fingerprint density at radius 3 is 2.38 bits per heavy atom. The van der Waals surface area contributed by atoms with Crippen LogP contribution in [0.15, 0.2) is 36.5 Å². The van der Waals surface area contributed by atoms with Crippen molar-refractivity contribution in [2.24, 2.45) is 11.3 Å². The van der Waals surface area contributed by atoms with Crippen LogP contribution in [0.3, 0.4) is 0 Å². The Bertz CT molecular complexity index is 1230. The fraction of sp³-hybridized carbons (Fsp3) is 0.533. The third-order valence-electron chi connectivity index (χ3n) is 7.75. The van der Waals surface area contributed by atoms with Crippen LogP contribution in [0.5, 0.6) is 11.5 Å². The average Bonchev–Trinajstić information content (AvgIpc) is 3.14. The monoisotopic (exact) mass is 553 g/mol. The second kappa shape index (κ2) is 11.7. The molecule has 1 saturated carbocycles. The van der Waals surface area contributed by atoms with E-state index in [-0.39, 0.29) is 28.9 Å². The minimum absolute atomic E-state index is 0.139. The molecule has 2 fully saturated rings. The molecule has 2 heterocycles. The molecule has 40 heavy (non-hydrogen) atoms. The minimum atomic E-state index is -0.635. The lowest BCUT2D eigenvalue weighted by molar-refractivity contribution is -0.120. The Labute approximate surface area is 235 Å². The Morgan fingerprint density at radius 1 is 1.10 bits per heavy atom. The Balaban J connectivity index is 1.50. The van der Waals surface area contributed by atoms with Gasteiger partial charge in [-0.25, -0.2) is 14.6 Å². The molecule has 1 spiro atoms. The fourth-order valence-corrected chi connectivity index (χ4v) is 5.62. The number of carbonyl (C=O) groups excluding carboxylic acids is 3. The Kier molecular flexibility index (Phi) is 8.56. The predicted molar refractivity (Wildman–Crippen MR) is 149 cm³/mol. The number of anilines is 1. The molecule has 0 radical (unpaired) electrons. The summed E-state index contributed by atoms with van der Waals surface area (Å²) >= 11 is 0. The number of ether oxygens (including phenoxy) is 4. The first-order chi connectivity index (χ1) is 18.9. The van der Waals surface area contributed by atoms with Gasteiger partial charge in [0.25, 0.3) is 0 Å². The van der Waals surface area contributed by atoms with Crippen molar-refractivity contribution in [3.63, 3.8) is 0 Å². The van der Waals surface area contributed by atoms with E-state index in [1.54, 1.807) is 13.2 Å². The number of alkyl carbamates (subject to hydrolysis) is 1. The zero-order valence-corrected chi connectivity index (χ0v) is 24.1. The van der Waals surface area contributed by atoms with Gasteiger partial charge in [-0.05, 0) is 51.3 Å². The van der Waals surface area contributed by atoms with Gasteiger partial charge in [0, 0.05) is 43.0 Å². The maximum atomic E-state index is 12.8. The van der Waals surface area contributed by atoms with Gasteiger partial charge in [-0.15, -0.1) is 0 Å². The first-order valence-electron chi connectivity index (χ1n) is 13.6. The molecule has 4 rings (SSSR count). The first kappa shape index (κ1) is 29.2. The summed E-state index contributed by atoms with van der Waals surface area (Å²) in [4.78, 5) is 44.5. The number of aromatic nitrogens is 1.